The molecule has 0 fully saturated rings. The molecule has 0 amide bonds. The van der Waals surface area contributed by atoms with Crippen LogP contribution in [0.15, 0.2) is 194 Å². The molecule has 4 nitrogen and oxygen atoms in total. The molecule has 12 aromatic rings. The highest BCUT2D eigenvalue weighted by Gasteiger charge is 2.24. The van der Waals surface area contributed by atoms with E-state index in [9.17, 15) is 0 Å². The molecule has 0 spiro atoms. The smallest absolute Gasteiger partial charge is 0.145 e. The molecule has 0 atom stereocenters. The summed E-state index contributed by atoms with van der Waals surface area (Å²) in [7, 11) is 0. The van der Waals surface area contributed by atoms with Crippen LogP contribution in [-0.4, -0.2) is 18.7 Å². The fourth-order valence-electron chi connectivity index (χ4n) is 11.2. The summed E-state index contributed by atoms with van der Waals surface area (Å²) in [5.74, 6) is 0.905. The molecule has 0 saturated carbocycles. The lowest BCUT2D eigenvalue weighted by Gasteiger charge is -2.19. The summed E-state index contributed by atoms with van der Waals surface area (Å²) in [6.07, 6.45) is 0. The second-order valence-electron chi connectivity index (χ2n) is 25.1. The third kappa shape index (κ3) is 8.45. The Balaban J connectivity index is 1.01. The number of aromatic nitrogens is 4. The van der Waals surface area contributed by atoms with Crippen molar-refractivity contribution in [2.75, 3.05) is 0 Å². The van der Waals surface area contributed by atoms with Crippen LogP contribution in [0.25, 0.3) is 105 Å². The van der Waals surface area contributed by atoms with Gasteiger partial charge in [0.2, 0.25) is 0 Å². The summed E-state index contributed by atoms with van der Waals surface area (Å²) in [6.45, 7) is 27.6. The molecule has 0 aliphatic rings. The van der Waals surface area contributed by atoms with Gasteiger partial charge >= 0.3 is 0 Å². The van der Waals surface area contributed by atoms with Crippen molar-refractivity contribution in [3.8, 4) is 50.7 Å². The van der Waals surface area contributed by atoms with E-state index in [1.807, 2.05) is 0 Å². The van der Waals surface area contributed by atoms with Crippen molar-refractivity contribution in [2.45, 2.75) is 105 Å². The summed E-state index contributed by atoms with van der Waals surface area (Å²) in [5.41, 5.74) is 21.3. The van der Waals surface area contributed by atoms with Gasteiger partial charge in [0.1, 0.15) is 5.82 Å². The molecular formula is C71H68N4. The number of benzene rings is 9. The Kier molecular flexibility index (Phi) is 11.1. The minimum absolute atomic E-state index is 0.0339. The number of hydrogen-bond acceptors (Lipinski definition) is 1. The van der Waals surface area contributed by atoms with Gasteiger partial charge in [0, 0.05) is 44.2 Å². The number of rotatable bonds is 6. The molecule has 9 aromatic carbocycles. The van der Waals surface area contributed by atoms with E-state index in [-0.39, 0.29) is 21.7 Å². The summed E-state index contributed by atoms with van der Waals surface area (Å²) < 4.78 is 7.20. The Labute approximate surface area is 442 Å². The number of imidazole rings is 1. The highest BCUT2D eigenvalue weighted by atomic mass is 15.1. The van der Waals surface area contributed by atoms with Gasteiger partial charge in [-0.15, -0.1) is 0 Å². The molecule has 0 unspecified atom stereocenters. The summed E-state index contributed by atoms with van der Waals surface area (Å²) in [6, 6.07) is 72.7. The molecule has 372 valence electrons. The maximum Gasteiger partial charge on any atom is 0.145 e. The molecule has 12 rings (SSSR count). The highest BCUT2D eigenvalue weighted by Crippen LogP contribution is 2.42. The van der Waals surface area contributed by atoms with Crippen LogP contribution < -0.4 is 0 Å². The van der Waals surface area contributed by atoms with Crippen molar-refractivity contribution >= 4 is 54.6 Å². The minimum Gasteiger partial charge on any atom is -0.309 e. The van der Waals surface area contributed by atoms with Crippen molar-refractivity contribution < 1.29 is 0 Å². The largest absolute Gasteiger partial charge is 0.309 e. The Morgan fingerprint density at radius 1 is 0.267 bits per heavy atom. The maximum atomic E-state index is 5.38. The fraction of sp³-hybridized carbons (Fsp3) is 0.225. The van der Waals surface area contributed by atoms with Gasteiger partial charge in [-0.2, -0.15) is 0 Å². The zero-order chi connectivity index (χ0) is 52.3. The van der Waals surface area contributed by atoms with Gasteiger partial charge in [0.25, 0.3) is 0 Å². The molecule has 3 heterocycles. The van der Waals surface area contributed by atoms with Gasteiger partial charge in [-0.1, -0.05) is 162 Å². The van der Waals surface area contributed by atoms with E-state index in [4.69, 9.17) is 4.98 Å². The summed E-state index contributed by atoms with van der Waals surface area (Å²) in [4.78, 5) is 5.38. The van der Waals surface area contributed by atoms with Crippen molar-refractivity contribution in [3.05, 3.63) is 216 Å². The van der Waals surface area contributed by atoms with Gasteiger partial charge in [-0.05, 0) is 181 Å². The molecule has 0 bridgehead atoms. The minimum atomic E-state index is 0.0339. The van der Waals surface area contributed by atoms with Gasteiger partial charge in [0.05, 0.1) is 33.1 Å². The topological polar surface area (TPSA) is 27.7 Å². The van der Waals surface area contributed by atoms with E-state index in [0.29, 0.717) is 0 Å². The van der Waals surface area contributed by atoms with E-state index < -0.39 is 0 Å². The average Bonchev–Trinajstić information content (AvgIpc) is 4.05. The Bertz CT molecular complexity index is 3810. The molecule has 75 heavy (non-hydrogen) atoms. The van der Waals surface area contributed by atoms with E-state index in [0.717, 1.165) is 61.7 Å². The third-order valence-electron chi connectivity index (χ3n) is 15.7. The van der Waals surface area contributed by atoms with Gasteiger partial charge in [-0.3, -0.25) is 4.57 Å². The van der Waals surface area contributed by atoms with Crippen LogP contribution in [0.1, 0.15) is 105 Å². The maximum absolute atomic E-state index is 5.38. The van der Waals surface area contributed by atoms with Crippen LogP contribution in [0.4, 0.5) is 0 Å². The predicted molar refractivity (Wildman–Crippen MR) is 321 cm³/mol. The van der Waals surface area contributed by atoms with Gasteiger partial charge in [0.15, 0.2) is 0 Å². The van der Waals surface area contributed by atoms with Crippen molar-refractivity contribution in [2.24, 2.45) is 0 Å². The third-order valence-corrected chi connectivity index (χ3v) is 15.7. The summed E-state index contributed by atoms with van der Waals surface area (Å²) >= 11 is 0. The fourth-order valence-corrected chi connectivity index (χ4v) is 11.2. The quantitative estimate of drug-likeness (QED) is 0.163. The SMILES string of the molecule is CC(C)(C)c1ccc2c(c1)c1cc(C(C)(C)C)ccc1n2-c1ccc(-c2cc(-c3ccc(-n4c5ccc(C(C)(C)C)cc5c5cc(C(C)(C)C)ccc54)cc3)cc(-c3nc4ccccc4n3-c3ccccc3)c2)cc1. The first-order chi connectivity index (χ1) is 35.7. The molecule has 0 saturated heterocycles. The molecular weight excluding hydrogens is 909 g/mol. The Hall–Kier alpha value is -7.95. The van der Waals surface area contributed by atoms with Crippen LogP contribution in [0.2, 0.25) is 0 Å². The molecule has 0 aliphatic carbocycles. The second-order valence-corrected chi connectivity index (χ2v) is 25.1. The standard InChI is InChI=1S/C71H68N4/c1-68(2,3)50-26-34-62-57(41-50)58-42-51(69(4,5)6)27-35-63(58)73(62)55-30-22-45(23-31-55)47-38-48(40-49(39-47)67-72-61-20-16-17-21-66(61)75(67)54-18-14-13-15-19-54)46-24-32-56(33-25-46)74-64-36-28-52(70(7,8)9)43-59(64)60-44-53(71(10,11)12)29-37-65(60)74/h13-44H,1-12H3. The normalized spacial score (nSPS) is 12.8. The molecule has 4 heteroatoms. The van der Waals surface area contributed by atoms with E-state index in [1.165, 1.54) is 65.9 Å². The lowest BCUT2D eigenvalue weighted by Crippen LogP contribution is -2.10. The van der Waals surface area contributed by atoms with Gasteiger partial charge < -0.3 is 9.13 Å². The van der Waals surface area contributed by atoms with Crippen LogP contribution in [-0.2, 0) is 21.7 Å². The van der Waals surface area contributed by atoms with Crippen molar-refractivity contribution in [1.82, 2.24) is 18.7 Å². The van der Waals surface area contributed by atoms with Crippen LogP contribution in [0.3, 0.4) is 0 Å². The summed E-state index contributed by atoms with van der Waals surface area (Å²) in [5, 5.41) is 5.17. The Morgan fingerprint density at radius 2 is 0.600 bits per heavy atom. The van der Waals surface area contributed by atoms with E-state index in [1.54, 1.807) is 0 Å². The van der Waals surface area contributed by atoms with E-state index >= 15 is 0 Å². The van der Waals surface area contributed by atoms with Gasteiger partial charge in [-0.25, -0.2) is 4.98 Å². The lowest BCUT2D eigenvalue weighted by molar-refractivity contribution is 0.590. The predicted octanol–water partition coefficient (Wildman–Crippen LogP) is 19.4. The number of nitrogens with zero attached hydrogens (tertiary/aromatic N) is 4. The molecule has 0 aliphatic heterocycles. The van der Waals surface area contributed by atoms with Crippen LogP contribution in [0, 0.1) is 0 Å². The molecule has 0 radical (unpaired) electrons. The zero-order valence-electron chi connectivity index (χ0n) is 45.8. The molecule has 3 aromatic heterocycles. The zero-order valence-corrected chi connectivity index (χ0v) is 45.8. The highest BCUT2D eigenvalue weighted by molar-refractivity contribution is 6.11. The Morgan fingerprint density at radius 3 is 0.973 bits per heavy atom. The molecule has 0 N–H and O–H groups in total. The first-order valence-corrected chi connectivity index (χ1v) is 26.8. The monoisotopic (exact) mass is 977 g/mol. The number of fused-ring (bicyclic) bond motifs is 7. The number of para-hydroxylation sites is 3. The first kappa shape index (κ1) is 48.0. The van der Waals surface area contributed by atoms with Crippen molar-refractivity contribution in [3.63, 3.8) is 0 Å². The van der Waals surface area contributed by atoms with Crippen molar-refractivity contribution in [1.29, 1.82) is 0 Å². The van der Waals surface area contributed by atoms with Crippen LogP contribution >= 0.6 is 0 Å². The van der Waals surface area contributed by atoms with Crippen LogP contribution in [0.5, 0.6) is 0 Å². The number of hydrogen-bond donors (Lipinski definition) is 0. The first-order valence-electron chi connectivity index (χ1n) is 26.8. The second kappa shape index (κ2) is 17.3. The average molecular weight is 977 g/mol. The van der Waals surface area contributed by atoms with E-state index in [2.05, 4.69) is 291 Å². The lowest BCUT2D eigenvalue weighted by atomic mass is 9.85.